The van der Waals surface area contributed by atoms with E-state index < -0.39 is 73.6 Å². The molecule has 2 aromatic carbocycles. The van der Waals surface area contributed by atoms with Crippen LogP contribution in [0.15, 0.2) is 60.7 Å². The largest absolute Gasteiger partial charge is 0.367 e. The minimum absolute atomic E-state index is 0.184. The second-order valence-electron chi connectivity index (χ2n) is 11.0. The van der Waals surface area contributed by atoms with Crippen molar-refractivity contribution >= 4 is 0 Å². The number of rotatable bonds is 7. The van der Waals surface area contributed by atoms with E-state index in [4.69, 9.17) is 42.6 Å². The van der Waals surface area contributed by atoms with Gasteiger partial charge in [0.15, 0.2) is 30.8 Å². The number of methoxy groups -OCH3 is 1. The van der Waals surface area contributed by atoms with Gasteiger partial charge < -0.3 is 42.6 Å². The summed E-state index contributed by atoms with van der Waals surface area (Å²) in [6.07, 6.45) is -8.82. The molecular formula is C30H37FO9. The number of halogens is 1. The monoisotopic (exact) mass is 560 g/mol. The zero-order valence-corrected chi connectivity index (χ0v) is 23.1. The van der Waals surface area contributed by atoms with Gasteiger partial charge in [-0.1, -0.05) is 60.7 Å². The number of benzene rings is 2. The first-order chi connectivity index (χ1) is 19.3. The molecule has 0 aromatic heterocycles. The van der Waals surface area contributed by atoms with E-state index in [0.29, 0.717) is 0 Å². The van der Waals surface area contributed by atoms with Crippen LogP contribution in [0.4, 0.5) is 4.39 Å². The summed E-state index contributed by atoms with van der Waals surface area (Å²) in [5, 5.41) is 0. The molecule has 6 rings (SSSR count). The number of hydrogen-bond acceptors (Lipinski definition) is 9. The molecule has 0 unspecified atom stereocenters. The van der Waals surface area contributed by atoms with Crippen molar-refractivity contribution in [1.29, 1.82) is 0 Å². The molecule has 4 heterocycles. The Balaban J connectivity index is 1.22. The van der Waals surface area contributed by atoms with Gasteiger partial charge in [0.2, 0.25) is 0 Å². The molecular weight excluding hydrogens is 523 g/mol. The second-order valence-corrected chi connectivity index (χ2v) is 11.0. The molecule has 0 spiro atoms. The standard InChI is InChI=1S/C30H37FO9/c1-17-22(25-26(29(32-4)35-17)40-30(2,3)39-25)37-28-21(31)24(33-15-18-11-7-5-8-12-18)23-20(36-28)16-34-27(38-23)19-13-9-6-10-14-19/h5-14,17,20-29H,15-16H2,1-4H3/t17-,20+,21-,22-,23+,24+,25+,26+,27+,28-,29+/m0/s1. The highest BCUT2D eigenvalue weighted by Crippen LogP contribution is 2.42. The van der Waals surface area contributed by atoms with Crippen molar-refractivity contribution in [3.63, 3.8) is 0 Å². The van der Waals surface area contributed by atoms with E-state index >= 15 is 4.39 Å². The second kappa shape index (κ2) is 11.7. The molecule has 218 valence electrons. The summed E-state index contributed by atoms with van der Waals surface area (Å²) in [4.78, 5) is 0. The van der Waals surface area contributed by atoms with Crippen LogP contribution in [0.2, 0.25) is 0 Å². The van der Waals surface area contributed by atoms with Crippen molar-refractivity contribution in [3.05, 3.63) is 71.8 Å². The Morgan fingerprint density at radius 1 is 0.850 bits per heavy atom. The average molecular weight is 561 g/mol. The predicted molar refractivity (Wildman–Crippen MR) is 139 cm³/mol. The molecule has 0 bridgehead atoms. The van der Waals surface area contributed by atoms with Gasteiger partial charge in [-0.05, 0) is 26.3 Å². The minimum atomic E-state index is -1.67. The highest BCUT2D eigenvalue weighted by Gasteiger charge is 2.58. The zero-order valence-electron chi connectivity index (χ0n) is 23.1. The Hall–Kier alpha value is -1.99. The summed E-state index contributed by atoms with van der Waals surface area (Å²) in [5.41, 5.74) is 1.76. The average Bonchev–Trinajstić information content (AvgIpc) is 3.30. The molecule has 10 heteroatoms. The van der Waals surface area contributed by atoms with Crippen molar-refractivity contribution in [2.45, 2.75) is 101 Å². The summed E-state index contributed by atoms with van der Waals surface area (Å²) >= 11 is 0. The van der Waals surface area contributed by atoms with Gasteiger partial charge in [-0.3, -0.25) is 0 Å². The maximum absolute atomic E-state index is 16.4. The predicted octanol–water partition coefficient (Wildman–Crippen LogP) is 4.05. The van der Waals surface area contributed by atoms with Crippen molar-refractivity contribution < 1.29 is 47.0 Å². The molecule has 0 radical (unpaired) electrons. The first-order valence-electron chi connectivity index (χ1n) is 13.8. The molecule has 11 atom stereocenters. The fourth-order valence-electron chi connectivity index (χ4n) is 5.83. The lowest BCUT2D eigenvalue weighted by molar-refractivity contribution is -0.376. The van der Waals surface area contributed by atoms with E-state index in [0.717, 1.165) is 11.1 Å². The van der Waals surface area contributed by atoms with Crippen LogP contribution in [0.5, 0.6) is 0 Å². The molecule has 9 nitrogen and oxygen atoms in total. The maximum atomic E-state index is 16.4. The van der Waals surface area contributed by atoms with Crippen molar-refractivity contribution in [1.82, 2.24) is 0 Å². The van der Waals surface area contributed by atoms with Gasteiger partial charge in [-0.25, -0.2) is 4.39 Å². The van der Waals surface area contributed by atoms with Gasteiger partial charge in [0.05, 0.1) is 19.3 Å². The lowest BCUT2D eigenvalue weighted by Crippen LogP contribution is -2.64. The van der Waals surface area contributed by atoms with Crippen LogP contribution in [0.3, 0.4) is 0 Å². The van der Waals surface area contributed by atoms with Gasteiger partial charge in [0.1, 0.15) is 36.6 Å². The summed E-state index contributed by atoms with van der Waals surface area (Å²) in [5.74, 6) is -0.881. The molecule has 0 saturated carbocycles. The Kier molecular flexibility index (Phi) is 8.24. The van der Waals surface area contributed by atoms with Crippen molar-refractivity contribution in [3.8, 4) is 0 Å². The van der Waals surface area contributed by atoms with Crippen LogP contribution in [-0.4, -0.2) is 81.0 Å². The molecule has 40 heavy (non-hydrogen) atoms. The molecule has 2 aromatic rings. The smallest absolute Gasteiger partial charge is 0.192 e. The van der Waals surface area contributed by atoms with E-state index in [1.165, 1.54) is 0 Å². The van der Waals surface area contributed by atoms with E-state index in [1.54, 1.807) is 7.11 Å². The van der Waals surface area contributed by atoms with E-state index in [9.17, 15) is 0 Å². The van der Waals surface area contributed by atoms with Gasteiger partial charge in [-0.15, -0.1) is 0 Å². The van der Waals surface area contributed by atoms with E-state index in [2.05, 4.69) is 0 Å². The number of fused-ring (bicyclic) bond motifs is 2. The Morgan fingerprint density at radius 3 is 2.27 bits per heavy atom. The lowest BCUT2D eigenvalue weighted by atomic mass is 9.96. The third-order valence-corrected chi connectivity index (χ3v) is 7.71. The van der Waals surface area contributed by atoms with Crippen LogP contribution in [-0.2, 0) is 49.2 Å². The fourth-order valence-corrected chi connectivity index (χ4v) is 5.83. The number of hydrogen-bond donors (Lipinski definition) is 0. The summed E-state index contributed by atoms with van der Waals surface area (Å²) < 4.78 is 71.1. The van der Waals surface area contributed by atoms with Crippen LogP contribution >= 0.6 is 0 Å². The SMILES string of the molecule is CO[C@@H]1O[C@@H](C)[C@H](O[C@@H]2O[C@@H]3CO[C@@H](c4ccccc4)O[C@H]3[C@H](OCc3ccccc3)[C@@H]2F)[C@H]2OC(C)(C)O[C@@H]12. The first kappa shape index (κ1) is 28.1. The van der Waals surface area contributed by atoms with E-state index in [-0.39, 0.29) is 13.2 Å². The Labute approximate surface area is 233 Å². The van der Waals surface area contributed by atoms with Gasteiger partial charge in [0.25, 0.3) is 0 Å². The summed E-state index contributed by atoms with van der Waals surface area (Å²) in [6, 6.07) is 19.2. The molecule has 4 aliphatic heterocycles. The highest BCUT2D eigenvalue weighted by atomic mass is 19.1. The van der Waals surface area contributed by atoms with Gasteiger partial charge in [-0.2, -0.15) is 0 Å². The highest BCUT2D eigenvalue weighted by molar-refractivity contribution is 5.17. The maximum Gasteiger partial charge on any atom is 0.192 e. The first-order valence-corrected chi connectivity index (χ1v) is 13.8. The van der Waals surface area contributed by atoms with Gasteiger partial charge in [0, 0.05) is 12.7 Å². The molecule has 4 fully saturated rings. The van der Waals surface area contributed by atoms with Crippen molar-refractivity contribution in [2.24, 2.45) is 0 Å². The molecule has 0 N–H and O–H groups in total. The number of alkyl halides is 1. The Bertz CT molecular complexity index is 1100. The van der Waals surface area contributed by atoms with Crippen LogP contribution in [0, 0.1) is 0 Å². The van der Waals surface area contributed by atoms with E-state index in [1.807, 2.05) is 81.4 Å². The molecule has 4 saturated heterocycles. The quantitative estimate of drug-likeness (QED) is 0.498. The summed E-state index contributed by atoms with van der Waals surface area (Å²) in [7, 11) is 1.55. The molecule has 0 aliphatic carbocycles. The lowest BCUT2D eigenvalue weighted by Gasteiger charge is -2.48. The minimum Gasteiger partial charge on any atom is -0.367 e. The third-order valence-electron chi connectivity index (χ3n) is 7.71. The molecule has 0 amide bonds. The van der Waals surface area contributed by atoms with Crippen molar-refractivity contribution in [2.75, 3.05) is 13.7 Å². The third kappa shape index (κ3) is 5.70. The Morgan fingerprint density at radius 2 is 1.55 bits per heavy atom. The van der Waals surface area contributed by atoms with Crippen LogP contribution in [0.25, 0.3) is 0 Å². The topological polar surface area (TPSA) is 83.1 Å². The molecule has 4 aliphatic rings. The number of ether oxygens (including phenoxy) is 9. The summed E-state index contributed by atoms with van der Waals surface area (Å²) in [6.45, 7) is 5.85. The van der Waals surface area contributed by atoms with Gasteiger partial charge >= 0.3 is 0 Å². The van der Waals surface area contributed by atoms with Crippen LogP contribution < -0.4 is 0 Å². The van der Waals surface area contributed by atoms with Crippen LogP contribution in [0.1, 0.15) is 38.2 Å². The fraction of sp³-hybridized carbons (Fsp3) is 0.600. The normalized spacial score (nSPS) is 40.8. The zero-order chi connectivity index (χ0) is 27.9.